The molecule has 0 radical (unpaired) electrons. The number of benzene rings is 1. The van der Waals surface area contributed by atoms with E-state index < -0.39 is 12.1 Å². The van der Waals surface area contributed by atoms with Crippen molar-refractivity contribution in [3.63, 3.8) is 0 Å². The van der Waals surface area contributed by atoms with Gasteiger partial charge in [0.1, 0.15) is 5.82 Å². The van der Waals surface area contributed by atoms with E-state index in [1.54, 1.807) is 22.4 Å². The summed E-state index contributed by atoms with van der Waals surface area (Å²) in [5, 5.41) is 10.4. The van der Waals surface area contributed by atoms with Gasteiger partial charge < -0.3 is 20.3 Å². The maximum Gasteiger partial charge on any atom is 0.240 e. The Morgan fingerprint density at radius 1 is 1.34 bits per heavy atom. The molecular formula is C24H31N5O2S. The van der Waals surface area contributed by atoms with Crippen LogP contribution >= 0.6 is 11.3 Å². The van der Waals surface area contributed by atoms with Gasteiger partial charge in [0.15, 0.2) is 0 Å². The van der Waals surface area contributed by atoms with E-state index >= 15 is 0 Å². The molecule has 1 aliphatic rings. The van der Waals surface area contributed by atoms with E-state index in [0.29, 0.717) is 13.0 Å². The van der Waals surface area contributed by atoms with Crippen molar-refractivity contribution in [2.45, 2.75) is 58.8 Å². The zero-order valence-electron chi connectivity index (χ0n) is 19.0. The standard InChI is InChI=1S/C24H31N5O2S/c1-15-20(32-14-27-15)17-7-5-6-16(10-17)12-28-9-8-26-22(28)19-11-18(30)13-29(19)23(31)21(25)24(2,3)4/h5-10,14,18-19,21,30H,11-13,25H2,1-4H3/t18-,19+,21-/m1/s1. The highest BCUT2D eigenvalue weighted by molar-refractivity contribution is 7.13. The zero-order chi connectivity index (χ0) is 23.0. The first kappa shape index (κ1) is 22.6. The number of hydrogen-bond acceptors (Lipinski definition) is 6. The third-order valence-corrected chi connectivity index (χ3v) is 7.07. The Hall–Kier alpha value is -2.55. The predicted octanol–water partition coefficient (Wildman–Crippen LogP) is 3.37. The first-order valence-corrected chi connectivity index (χ1v) is 11.8. The second-order valence-corrected chi connectivity index (χ2v) is 10.5. The molecule has 0 bridgehead atoms. The summed E-state index contributed by atoms with van der Waals surface area (Å²) in [5.41, 5.74) is 11.1. The lowest BCUT2D eigenvalue weighted by atomic mass is 9.86. The van der Waals surface area contributed by atoms with Crippen molar-refractivity contribution >= 4 is 17.2 Å². The minimum atomic E-state index is -0.641. The minimum absolute atomic E-state index is 0.142. The quantitative estimate of drug-likeness (QED) is 0.617. The molecular weight excluding hydrogens is 422 g/mol. The highest BCUT2D eigenvalue weighted by Crippen LogP contribution is 2.34. The van der Waals surface area contributed by atoms with Crippen LogP contribution in [0.1, 0.15) is 50.3 Å². The molecule has 0 aliphatic carbocycles. The molecule has 3 N–H and O–H groups in total. The molecule has 1 saturated heterocycles. The number of aryl methyl sites for hydroxylation is 1. The molecule has 3 heterocycles. The number of β-amino-alcohol motifs (C(OH)–C–C–N with tert-alkyl or cyclic N) is 1. The van der Waals surface area contributed by atoms with Gasteiger partial charge in [-0.1, -0.05) is 39.0 Å². The summed E-state index contributed by atoms with van der Waals surface area (Å²) in [4.78, 5) is 25.0. The summed E-state index contributed by atoms with van der Waals surface area (Å²) >= 11 is 1.64. The van der Waals surface area contributed by atoms with Gasteiger partial charge in [-0.25, -0.2) is 9.97 Å². The molecule has 1 fully saturated rings. The summed E-state index contributed by atoms with van der Waals surface area (Å²) in [6.45, 7) is 8.79. The number of aromatic nitrogens is 3. The summed E-state index contributed by atoms with van der Waals surface area (Å²) in [6.07, 6.45) is 3.55. The van der Waals surface area contributed by atoms with Gasteiger partial charge in [-0.3, -0.25) is 4.79 Å². The number of imidazole rings is 1. The van der Waals surface area contributed by atoms with Crippen LogP contribution in [0.3, 0.4) is 0 Å². The highest BCUT2D eigenvalue weighted by Gasteiger charge is 2.41. The van der Waals surface area contributed by atoms with Crippen LogP contribution in [0.15, 0.2) is 42.2 Å². The van der Waals surface area contributed by atoms with Crippen LogP contribution in [0.5, 0.6) is 0 Å². The first-order valence-electron chi connectivity index (χ1n) is 10.9. The van der Waals surface area contributed by atoms with Crippen molar-refractivity contribution in [2.75, 3.05) is 6.54 Å². The van der Waals surface area contributed by atoms with Gasteiger partial charge in [0.25, 0.3) is 0 Å². The fraction of sp³-hybridized carbons (Fsp3) is 0.458. The van der Waals surface area contributed by atoms with Gasteiger partial charge in [-0.15, -0.1) is 11.3 Å². The molecule has 8 heteroatoms. The van der Waals surface area contributed by atoms with Crippen LogP contribution in [0.2, 0.25) is 0 Å². The fourth-order valence-corrected chi connectivity index (χ4v) is 4.99. The predicted molar refractivity (Wildman–Crippen MR) is 126 cm³/mol. The Morgan fingerprint density at radius 2 is 2.12 bits per heavy atom. The summed E-state index contributed by atoms with van der Waals surface area (Å²) in [6, 6.07) is 7.47. The van der Waals surface area contributed by atoms with E-state index in [0.717, 1.165) is 22.6 Å². The van der Waals surface area contributed by atoms with E-state index in [9.17, 15) is 9.90 Å². The van der Waals surface area contributed by atoms with Crippen LogP contribution < -0.4 is 5.73 Å². The molecule has 3 atom stereocenters. The van der Waals surface area contributed by atoms with Gasteiger partial charge in [0, 0.05) is 31.9 Å². The molecule has 0 saturated carbocycles. The van der Waals surface area contributed by atoms with Gasteiger partial charge in [-0.05, 0) is 29.5 Å². The van der Waals surface area contributed by atoms with Crippen molar-refractivity contribution in [1.29, 1.82) is 0 Å². The fourth-order valence-electron chi connectivity index (χ4n) is 4.19. The van der Waals surface area contributed by atoms with Crippen molar-refractivity contribution in [3.8, 4) is 10.4 Å². The maximum atomic E-state index is 13.2. The second-order valence-electron chi connectivity index (χ2n) is 9.62. The van der Waals surface area contributed by atoms with Crippen LogP contribution in [0.25, 0.3) is 10.4 Å². The van der Waals surface area contributed by atoms with Gasteiger partial charge in [-0.2, -0.15) is 0 Å². The normalized spacial score (nSPS) is 20.0. The van der Waals surface area contributed by atoms with Crippen molar-refractivity contribution in [2.24, 2.45) is 11.1 Å². The highest BCUT2D eigenvalue weighted by atomic mass is 32.1. The Kier molecular flexibility index (Phi) is 6.20. The van der Waals surface area contributed by atoms with Crippen LogP contribution in [-0.4, -0.2) is 49.1 Å². The molecule has 170 valence electrons. The molecule has 1 amide bonds. The van der Waals surface area contributed by atoms with Crippen molar-refractivity contribution in [3.05, 3.63) is 59.3 Å². The first-order chi connectivity index (χ1) is 15.1. The number of nitrogens with zero attached hydrogens (tertiary/aromatic N) is 4. The summed E-state index contributed by atoms with van der Waals surface area (Å²) in [5.74, 6) is 0.631. The number of aliphatic hydroxyl groups is 1. The molecule has 7 nitrogen and oxygen atoms in total. The third-order valence-electron chi connectivity index (χ3n) is 6.09. The van der Waals surface area contributed by atoms with E-state index in [2.05, 4.69) is 38.8 Å². The van der Waals surface area contributed by atoms with Crippen LogP contribution in [0.4, 0.5) is 0 Å². The zero-order valence-corrected chi connectivity index (χ0v) is 19.8. The minimum Gasteiger partial charge on any atom is -0.391 e. The Morgan fingerprint density at radius 3 is 2.81 bits per heavy atom. The van der Waals surface area contributed by atoms with E-state index in [-0.39, 0.29) is 23.9 Å². The van der Waals surface area contributed by atoms with Crippen molar-refractivity contribution in [1.82, 2.24) is 19.4 Å². The average molecular weight is 454 g/mol. The Bertz CT molecular complexity index is 1100. The van der Waals surface area contributed by atoms with E-state index in [1.165, 1.54) is 4.88 Å². The van der Waals surface area contributed by atoms with Gasteiger partial charge >= 0.3 is 0 Å². The van der Waals surface area contributed by atoms with E-state index in [1.807, 2.05) is 39.4 Å². The molecule has 3 aromatic rings. The number of nitrogens with two attached hydrogens (primary N) is 1. The lowest BCUT2D eigenvalue weighted by Crippen LogP contribution is -2.50. The lowest BCUT2D eigenvalue weighted by Gasteiger charge is -2.32. The van der Waals surface area contributed by atoms with Crippen LogP contribution in [-0.2, 0) is 11.3 Å². The molecule has 1 aliphatic heterocycles. The number of rotatable bonds is 5. The Labute approximate surface area is 192 Å². The van der Waals surface area contributed by atoms with Gasteiger partial charge in [0.05, 0.1) is 34.3 Å². The molecule has 4 rings (SSSR count). The molecule has 0 spiro atoms. The van der Waals surface area contributed by atoms with Gasteiger partial charge in [0.2, 0.25) is 5.91 Å². The molecule has 32 heavy (non-hydrogen) atoms. The van der Waals surface area contributed by atoms with E-state index in [4.69, 9.17) is 5.73 Å². The number of thiazole rings is 1. The Balaban J connectivity index is 1.60. The average Bonchev–Trinajstić information content (AvgIpc) is 3.46. The number of likely N-dealkylation sites (tertiary alicyclic amines) is 1. The van der Waals surface area contributed by atoms with Crippen LogP contribution in [0, 0.1) is 12.3 Å². The van der Waals surface area contributed by atoms with Crippen molar-refractivity contribution < 1.29 is 9.90 Å². The summed E-state index contributed by atoms with van der Waals surface area (Å²) < 4.78 is 2.06. The number of carbonyl (C=O) groups is 1. The SMILES string of the molecule is Cc1ncsc1-c1cccc(Cn2ccnc2[C@@H]2C[C@@H](O)CN2C(=O)[C@@H](N)C(C)(C)C)c1. The molecule has 1 aromatic carbocycles. The maximum absolute atomic E-state index is 13.2. The topological polar surface area (TPSA) is 97.3 Å². The second kappa shape index (κ2) is 8.77. The number of amides is 1. The third kappa shape index (κ3) is 4.48. The molecule has 2 aromatic heterocycles. The number of hydrogen-bond donors (Lipinski definition) is 2. The molecule has 0 unspecified atom stereocenters. The number of carbonyl (C=O) groups excluding carboxylic acids is 1. The summed E-state index contributed by atoms with van der Waals surface area (Å²) in [7, 11) is 0. The number of aliphatic hydroxyl groups excluding tert-OH is 1. The lowest BCUT2D eigenvalue weighted by molar-refractivity contribution is -0.136. The largest absolute Gasteiger partial charge is 0.391 e. The monoisotopic (exact) mass is 453 g/mol. The smallest absolute Gasteiger partial charge is 0.240 e.